The van der Waals surface area contributed by atoms with E-state index in [0.29, 0.717) is 0 Å². The van der Waals surface area contributed by atoms with E-state index in [-0.39, 0.29) is 19.8 Å². The van der Waals surface area contributed by atoms with E-state index in [0.717, 1.165) is 19.3 Å². The van der Waals surface area contributed by atoms with Gasteiger partial charge >= 0.3 is 28.7 Å². The van der Waals surface area contributed by atoms with Crippen LogP contribution < -0.4 is 15.3 Å². The SMILES string of the molecule is CCC[O-].CCC[O-].CCC[O-].[Cl][Ti+3]. The van der Waals surface area contributed by atoms with Crippen LogP contribution in [0.25, 0.3) is 0 Å². The molecule has 0 rings (SSSR count). The molecule has 0 aromatic rings. The van der Waals surface area contributed by atoms with Crippen molar-refractivity contribution in [1.82, 2.24) is 0 Å². The Morgan fingerprint density at radius 2 is 0.786 bits per heavy atom. The van der Waals surface area contributed by atoms with Gasteiger partial charge in [-0.15, -0.1) is 19.8 Å². The van der Waals surface area contributed by atoms with Gasteiger partial charge in [0, 0.05) is 0 Å². The first-order valence-corrected chi connectivity index (χ1v) is 6.82. The van der Waals surface area contributed by atoms with E-state index in [1.165, 1.54) is 19.4 Å². The van der Waals surface area contributed by atoms with Gasteiger partial charge in [-0.1, -0.05) is 40.0 Å². The van der Waals surface area contributed by atoms with Crippen molar-refractivity contribution in [3.8, 4) is 0 Å². The van der Waals surface area contributed by atoms with Crippen LogP contribution in [0.1, 0.15) is 40.0 Å². The van der Waals surface area contributed by atoms with Crippen molar-refractivity contribution in [3.63, 3.8) is 0 Å². The summed E-state index contributed by atoms with van der Waals surface area (Å²) in [5.41, 5.74) is 0. The van der Waals surface area contributed by atoms with Crippen LogP contribution in [-0.4, -0.2) is 19.8 Å². The third-order valence-electron chi connectivity index (χ3n) is 0.612. The first-order chi connectivity index (χ1) is 6.74. The molecule has 0 amide bonds. The maximum absolute atomic E-state index is 9.30. The molecule has 0 spiro atoms. The van der Waals surface area contributed by atoms with Crippen LogP contribution >= 0.6 is 9.30 Å². The third kappa shape index (κ3) is 121. The van der Waals surface area contributed by atoms with E-state index in [4.69, 9.17) is 0 Å². The van der Waals surface area contributed by atoms with Gasteiger partial charge in [-0.2, -0.15) is 0 Å². The molecule has 0 fully saturated rings. The average molecular weight is 261 g/mol. The third-order valence-corrected chi connectivity index (χ3v) is 0.612. The summed E-state index contributed by atoms with van der Waals surface area (Å²) in [6.45, 7) is 5.81. The van der Waals surface area contributed by atoms with Gasteiger partial charge in [-0.05, 0) is 0 Å². The summed E-state index contributed by atoms with van der Waals surface area (Å²) in [5.74, 6) is 0. The Bertz CT molecular complexity index is 35.5. The van der Waals surface area contributed by atoms with Crippen molar-refractivity contribution in [2.45, 2.75) is 40.0 Å². The number of hydrogen-bond acceptors (Lipinski definition) is 3. The van der Waals surface area contributed by atoms with Crippen molar-refractivity contribution in [2.75, 3.05) is 19.8 Å². The number of hydrogen-bond donors (Lipinski definition) is 0. The monoisotopic (exact) mass is 260 g/mol. The molecular weight excluding hydrogens is 239 g/mol. The molecule has 0 N–H and O–H groups in total. The minimum atomic E-state index is 0.0694. The summed E-state index contributed by atoms with van der Waals surface area (Å²) >= 11 is 1.47. The molecule has 0 aliphatic carbocycles. The summed E-state index contributed by atoms with van der Waals surface area (Å²) in [4.78, 5) is 0. The Kier molecular flexibility index (Phi) is 84.1. The molecule has 5 heteroatoms. The second-order valence-corrected chi connectivity index (χ2v) is 2.11. The first-order valence-electron chi connectivity index (χ1n) is 4.68. The fourth-order valence-corrected chi connectivity index (χ4v) is 0. The molecule has 0 saturated carbocycles. The molecule has 0 unspecified atom stereocenters. The van der Waals surface area contributed by atoms with Crippen LogP contribution in [0.3, 0.4) is 0 Å². The van der Waals surface area contributed by atoms with Crippen molar-refractivity contribution >= 4 is 9.30 Å². The Morgan fingerprint density at radius 3 is 0.786 bits per heavy atom. The normalized spacial score (nSPS) is 6.93. The van der Waals surface area contributed by atoms with E-state index in [1.807, 2.05) is 20.8 Å². The van der Waals surface area contributed by atoms with Gasteiger partial charge in [-0.3, -0.25) is 0 Å². The zero-order valence-corrected chi connectivity index (χ0v) is 11.7. The Hall–Kier alpha value is 0.884. The van der Waals surface area contributed by atoms with Crippen molar-refractivity contribution < 1.29 is 34.7 Å². The van der Waals surface area contributed by atoms with Crippen LogP contribution in [0.5, 0.6) is 0 Å². The van der Waals surface area contributed by atoms with Crippen molar-refractivity contribution in [1.29, 1.82) is 0 Å². The fourth-order valence-electron chi connectivity index (χ4n) is 0. The molecule has 0 aliphatic heterocycles. The van der Waals surface area contributed by atoms with E-state index in [1.54, 1.807) is 0 Å². The second-order valence-electron chi connectivity index (χ2n) is 2.11. The Balaban J connectivity index is -0.0000000492. The maximum atomic E-state index is 9.30. The summed E-state index contributed by atoms with van der Waals surface area (Å²) in [7, 11) is 4.64. The summed E-state index contributed by atoms with van der Waals surface area (Å²) in [5, 5.41) is 27.9. The minimum absolute atomic E-state index is 0.0694. The van der Waals surface area contributed by atoms with Gasteiger partial charge < -0.3 is 15.3 Å². The molecule has 0 aliphatic rings. The van der Waals surface area contributed by atoms with Crippen molar-refractivity contribution in [2.24, 2.45) is 0 Å². The van der Waals surface area contributed by atoms with Gasteiger partial charge in [0.2, 0.25) is 0 Å². The van der Waals surface area contributed by atoms with E-state index >= 15 is 0 Å². The predicted molar refractivity (Wildman–Crippen MR) is 51.3 cm³/mol. The molecule has 0 bridgehead atoms. The van der Waals surface area contributed by atoms with Gasteiger partial charge in [0.05, 0.1) is 0 Å². The van der Waals surface area contributed by atoms with Crippen LogP contribution in [0, 0.1) is 0 Å². The van der Waals surface area contributed by atoms with Gasteiger partial charge in [0.25, 0.3) is 0 Å². The molecular formula is C9H21ClO3Ti. The van der Waals surface area contributed by atoms with E-state index in [2.05, 4.69) is 9.30 Å². The quantitative estimate of drug-likeness (QED) is 0.669. The second kappa shape index (κ2) is 48.6. The zero-order valence-electron chi connectivity index (χ0n) is 9.35. The average Bonchev–Trinajstić information content (AvgIpc) is 2.31. The molecule has 0 saturated heterocycles. The molecule has 3 nitrogen and oxygen atoms in total. The van der Waals surface area contributed by atoms with E-state index in [9.17, 15) is 15.3 Å². The van der Waals surface area contributed by atoms with Crippen LogP contribution in [0.2, 0.25) is 0 Å². The molecule has 0 radical (unpaired) electrons. The molecule has 0 aromatic heterocycles. The summed E-state index contributed by atoms with van der Waals surface area (Å²) in [6, 6.07) is 0. The van der Waals surface area contributed by atoms with Gasteiger partial charge in [-0.25, -0.2) is 0 Å². The molecule has 86 valence electrons. The van der Waals surface area contributed by atoms with Gasteiger partial charge in [0.1, 0.15) is 0 Å². The number of halogens is 1. The Morgan fingerprint density at radius 1 is 0.714 bits per heavy atom. The number of rotatable bonds is 3. The summed E-state index contributed by atoms with van der Waals surface area (Å²) in [6.07, 6.45) is 2.29. The van der Waals surface area contributed by atoms with Crippen LogP contribution in [0.4, 0.5) is 0 Å². The molecule has 0 aromatic carbocycles. The zero-order chi connectivity index (χ0) is 12.2. The van der Waals surface area contributed by atoms with Crippen LogP contribution in [-0.2, 0) is 19.4 Å². The predicted octanol–water partition coefficient (Wildman–Crippen LogP) is -0.0429. The molecule has 14 heavy (non-hydrogen) atoms. The topological polar surface area (TPSA) is 69.2 Å². The first kappa shape index (κ1) is 24.2. The Labute approximate surface area is 104 Å². The van der Waals surface area contributed by atoms with E-state index < -0.39 is 0 Å². The standard InChI is InChI=1S/3C3H7O.ClH.Ti/c3*1-2-3-4;;/h3*2-3H2,1H3;1H;/q3*-1;;+4/p-1. The summed E-state index contributed by atoms with van der Waals surface area (Å²) < 4.78 is 0. The fraction of sp³-hybridized carbons (Fsp3) is 1.00. The van der Waals surface area contributed by atoms with Crippen LogP contribution in [0.15, 0.2) is 0 Å². The molecule has 0 atom stereocenters. The van der Waals surface area contributed by atoms with Crippen molar-refractivity contribution in [3.05, 3.63) is 0 Å². The molecule has 0 heterocycles. The van der Waals surface area contributed by atoms with Gasteiger partial charge in [0.15, 0.2) is 0 Å².